The molecule has 0 aliphatic rings. The van der Waals surface area contributed by atoms with E-state index in [-0.39, 0.29) is 5.91 Å². The Balaban J connectivity index is 4.44. The van der Waals surface area contributed by atoms with Crippen molar-refractivity contribution >= 4 is 20.5 Å². The predicted molar refractivity (Wildman–Crippen MR) is 94.0 cm³/mol. The third-order valence-corrected chi connectivity index (χ3v) is 4.80. The van der Waals surface area contributed by atoms with Crippen LogP contribution >= 0.6 is 8.58 Å². The first-order valence-electron chi connectivity index (χ1n) is 7.87. The van der Waals surface area contributed by atoms with Crippen LogP contribution < -0.4 is 5.32 Å². The zero-order valence-electron chi connectivity index (χ0n) is 14.3. The molecule has 0 aromatic rings. The van der Waals surface area contributed by atoms with Gasteiger partial charge in [0.05, 0.1) is 11.6 Å². The molecule has 0 rings (SSSR count). The quantitative estimate of drug-likeness (QED) is 0.327. The highest BCUT2D eigenvalue weighted by Gasteiger charge is 2.31. The predicted octanol–water partition coefficient (Wildman–Crippen LogP) is 2.18. The molecule has 3 unspecified atom stereocenters. The molecule has 0 saturated heterocycles. The standard InChI is InChI=1S/C16H31N2O3P/c1-5-6-7-8-10-13(16(20)21)14(22-4)15(19)17-11-9-12-18(2)3/h5-6,13-14,22H,7-12H2,1-4H3,(H,17,19)(H,20,21)/b6-5+. The van der Waals surface area contributed by atoms with Gasteiger partial charge in [0.15, 0.2) is 0 Å². The van der Waals surface area contributed by atoms with Crippen LogP contribution in [0.15, 0.2) is 12.2 Å². The summed E-state index contributed by atoms with van der Waals surface area (Å²) in [4.78, 5) is 25.8. The lowest BCUT2D eigenvalue weighted by Crippen LogP contribution is -2.40. The zero-order valence-corrected chi connectivity index (χ0v) is 15.3. The summed E-state index contributed by atoms with van der Waals surface area (Å²) in [6, 6.07) is 0. The van der Waals surface area contributed by atoms with E-state index in [0.29, 0.717) is 21.5 Å². The maximum atomic E-state index is 12.3. The first-order valence-corrected chi connectivity index (χ1v) is 9.45. The summed E-state index contributed by atoms with van der Waals surface area (Å²) >= 11 is 0. The minimum Gasteiger partial charge on any atom is -0.481 e. The summed E-state index contributed by atoms with van der Waals surface area (Å²) in [7, 11) is 4.28. The Morgan fingerprint density at radius 1 is 1.32 bits per heavy atom. The molecule has 0 aliphatic heterocycles. The number of hydrogen-bond acceptors (Lipinski definition) is 3. The molecule has 0 saturated carbocycles. The zero-order chi connectivity index (χ0) is 17.0. The number of unbranched alkanes of at least 4 members (excludes halogenated alkanes) is 1. The van der Waals surface area contributed by atoms with Crippen molar-refractivity contribution in [3.05, 3.63) is 12.2 Å². The number of carbonyl (C=O) groups is 2. The lowest BCUT2D eigenvalue weighted by Gasteiger charge is -2.22. The molecule has 0 aliphatic carbocycles. The van der Waals surface area contributed by atoms with E-state index in [4.69, 9.17) is 0 Å². The Kier molecular flexibility index (Phi) is 12.1. The van der Waals surface area contributed by atoms with Gasteiger partial charge in [-0.25, -0.2) is 0 Å². The van der Waals surface area contributed by atoms with E-state index in [1.165, 1.54) is 0 Å². The fourth-order valence-corrected chi connectivity index (χ4v) is 3.36. The maximum absolute atomic E-state index is 12.3. The molecule has 22 heavy (non-hydrogen) atoms. The van der Waals surface area contributed by atoms with E-state index in [0.717, 1.165) is 25.8 Å². The highest BCUT2D eigenvalue weighted by Crippen LogP contribution is 2.27. The van der Waals surface area contributed by atoms with Crippen molar-refractivity contribution in [1.29, 1.82) is 0 Å². The molecule has 0 aromatic heterocycles. The van der Waals surface area contributed by atoms with E-state index < -0.39 is 17.5 Å². The Hall–Kier alpha value is -0.930. The second kappa shape index (κ2) is 12.6. The second-order valence-corrected chi connectivity index (χ2v) is 6.86. The van der Waals surface area contributed by atoms with Crippen LogP contribution in [0.1, 0.15) is 32.6 Å². The molecular formula is C16H31N2O3P. The van der Waals surface area contributed by atoms with Gasteiger partial charge in [-0.05, 0) is 59.9 Å². The highest BCUT2D eigenvalue weighted by molar-refractivity contribution is 7.39. The van der Waals surface area contributed by atoms with E-state index >= 15 is 0 Å². The summed E-state index contributed by atoms with van der Waals surface area (Å²) < 4.78 is 0. The van der Waals surface area contributed by atoms with Crippen molar-refractivity contribution in [2.24, 2.45) is 5.92 Å². The number of aliphatic carboxylic acids is 1. The van der Waals surface area contributed by atoms with Gasteiger partial charge in [0, 0.05) is 6.54 Å². The monoisotopic (exact) mass is 330 g/mol. The van der Waals surface area contributed by atoms with Crippen LogP contribution in [0.2, 0.25) is 0 Å². The summed E-state index contributed by atoms with van der Waals surface area (Å²) in [6.45, 7) is 5.37. The fourth-order valence-electron chi connectivity index (χ4n) is 2.29. The molecular weight excluding hydrogens is 299 g/mol. The SMILES string of the molecule is C/C=C/CCCC(C(=O)O)C(PC)C(=O)NCCCN(C)C. The molecule has 6 heteroatoms. The third-order valence-electron chi connectivity index (χ3n) is 3.52. The third kappa shape index (κ3) is 9.16. The number of amides is 1. The molecule has 0 spiro atoms. The lowest BCUT2D eigenvalue weighted by molar-refractivity contribution is -0.144. The van der Waals surface area contributed by atoms with Crippen LogP contribution in [0.3, 0.4) is 0 Å². The van der Waals surface area contributed by atoms with Gasteiger partial charge < -0.3 is 15.3 Å². The first-order chi connectivity index (χ1) is 10.4. The van der Waals surface area contributed by atoms with Gasteiger partial charge in [-0.2, -0.15) is 0 Å². The van der Waals surface area contributed by atoms with E-state index in [9.17, 15) is 14.7 Å². The van der Waals surface area contributed by atoms with Crippen molar-refractivity contribution in [3.63, 3.8) is 0 Å². The molecule has 3 atom stereocenters. The van der Waals surface area contributed by atoms with Gasteiger partial charge in [0.2, 0.25) is 5.91 Å². The van der Waals surface area contributed by atoms with Crippen LogP contribution in [-0.4, -0.2) is 61.4 Å². The Bertz CT molecular complexity index is 359. The molecule has 128 valence electrons. The Morgan fingerprint density at radius 2 is 2.00 bits per heavy atom. The average Bonchev–Trinajstić information content (AvgIpc) is 2.46. The second-order valence-electron chi connectivity index (χ2n) is 5.66. The highest BCUT2D eigenvalue weighted by atomic mass is 31.1. The van der Waals surface area contributed by atoms with Crippen molar-refractivity contribution in [2.75, 3.05) is 33.8 Å². The van der Waals surface area contributed by atoms with E-state index in [1.807, 2.05) is 39.8 Å². The van der Waals surface area contributed by atoms with Gasteiger partial charge >= 0.3 is 5.97 Å². The summed E-state index contributed by atoms with van der Waals surface area (Å²) in [6.07, 6.45) is 7.09. The van der Waals surface area contributed by atoms with E-state index in [2.05, 4.69) is 10.2 Å². The molecule has 0 heterocycles. The molecule has 0 aromatic carbocycles. The van der Waals surface area contributed by atoms with Gasteiger partial charge in [0.25, 0.3) is 0 Å². The average molecular weight is 330 g/mol. The number of rotatable bonds is 12. The molecule has 1 amide bonds. The minimum absolute atomic E-state index is 0.113. The van der Waals surface area contributed by atoms with Crippen LogP contribution in [0.5, 0.6) is 0 Å². The molecule has 0 radical (unpaired) electrons. The van der Waals surface area contributed by atoms with Crippen molar-refractivity contribution in [1.82, 2.24) is 10.2 Å². The lowest BCUT2D eigenvalue weighted by atomic mass is 9.97. The van der Waals surface area contributed by atoms with Crippen LogP contribution in [0.25, 0.3) is 0 Å². The normalized spacial score (nSPS) is 14.8. The Morgan fingerprint density at radius 3 is 2.50 bits per heavy atom. The number of carboxylic acids is 1. The topological polar surface area (TPSA) is 69.6 Å². The molecule has 2 N–H and O–H groups in total. The molecule has 0 bridgehead atoms. The fraction of sp³-hybridized carbons (Fsp3) is 0.750. The molecule has 0 fully saturated rings. The van der Waals surface area contributed by atoms with Crippen molar-refractivity contribution < 1.29 is 14.7 Å². The number of allylic oxidation sites excluding steroid dienone is 2. The minimum atomic E-state index is -0.858. The number of nitrogens with zero attached hydrogens (tertiary/aromatic N) is 1. The van der Waals surface area contributed by atoms with Gasteiger partial charge in [-0.15, -0.1) is 8.58 Å². The van der Waals surface area contributed by atoms with Gasteiger partial charge in [0.1, 0.15) is 0 Å². The van der Waals surface area contributed by atoms with Crippen LogP contribution in [-0.2, 0) is 9.59 Å². The van der Waals surface area contributed by atoms with Gasteiger partial charge in [-0.3, -0.25) is 9.59 Å². The van der Waals surface area contributed by atoms with Crippen molar-refractivity contribution in [2.45, 2.75) is 38.3 Å². The number of carbonyl (C=O) groups excluding carboxylic acids is 1. The number of carboxylic acid groups (broad SMARTS) is 1. The summed E-state index contributed by atoms with van der Waals surface area (Å²) in [5, 5.41) is 12.3. The number of hydrogen-bond donors (Lipinski definition) is 2. The van der Waals surface area contributed by atoms with Crippen LogP contribution in [0, 0.1) is 5.92 Å². The smallest absolute Gasteiger partial charge is 0.307 e. The van der Waals surface area contributed by atoms with Gasteiger partial charge in [-0.1, -0.05) is 12.2 Å². The first kappa shape index (κ1) is 21.1. The van der Waals surface area contributed by atoms with Crippen molar-refractivity contribution in [3.8, 4) is 0 Å². The maximum Gasteiger partial charge on any atom is 0.307 e. The van der Waals surface area contributed by atoms with Crippen LogP contribution in [0.4, 0.5) is 0 Å². The summed E-state index contributed by atoms with van der Waals surface area (Å²) in [5.41, 5.74) is -0.414. The largest absolute Gasteiger partial charge is 0.481 e. The summed E-state index contributed by atoms with van der Waals surface area (Å²) in [5.74, 6) is -1.55. The number of nitrogens with one attached hydrogen (secondary N) is 1. The van der Waals surface area contributed by atoms with E-state index in [1.54, 1.807) is 0 Å². The molecule has 5 nitrogen and oxygen atoms in total. The Labute approximate surface area is 136 Å².